The molecule has 2 aromatic carbocycles. The average molecular weight is 322 g/mol. The van der Waals surface area contributed by atoms with Gasteiger partial charge >= 0.3 is 0 Å². The van der Waals surface area contributed by atoms with Crippen molar-refractivity contribution in [2.45, 2.75) is 27.7 Å². The second-order valence-electron chi connectivity index (χ2n) is 6.08. The van der Waals surface area contributed by atoms with Crippen LogP contribution in [-0.4, -0.2) is 25.5 Å². The van der Waals surface area contributed by atoms with Gasteiger partial charge in [0.1, 0.15) is 0 Å². The zero-order chi connectivity index (χ0) is 17.7. The van der Waals surface area contributed by atoms with Crippen LogP contribution in [0.5, 0.6) is 0 Å². The lowest BCUT2D eigenvalue weighted by Crippen LogP contribution is -1.92. The first-order chi connectivity index (χ1) is 11.4. The third-order valence-electron chi connectivity index (χ3n) is 3.56. The molecule has 0 aliphatic carbocycles. The minimum atomic E-state index is 0.949. The van der Waals surface area contributed by atoms with Crippen molar-refractivity contribution in [1.82, 2.24) is 0 Å². The van der Waals surface area contributed by atoms with E-state index in [1.807, 2.05) is 41.8 Å². The van der Waals surface area contributed by atoms with Crippen molar-refractivity contribution in [3.05, 3.63) is 36.4 Å². The Morgan fingerprint density at radius 3 is 1.33 bits per heavy atom. The Balaban J connectivity index is 2.56. The number of nitrogens with one attached hydrogen (secondary N) is 2. The second-order valence-corrected chi connectivity index (χ2v) is 6.08. The number of nitrogens with zero attached hydrogens (tertiary/aromatic N) is 2. The molecule has 0 unspecified atom stereocenters. The maximum Gasteiger partial charge on any atom is 0.0866 e. The van der Waals surface area contributed by atoms with Gasteiger partial charge in [-0.05, 0) is 63.1 Å². The van der Waals surface area contributed by atoms with Gasteiger partial charge in [0.15, 0.2) is 0 Å². The first kappa shape index (κ1) is 17.7. The summed E-state index contributed by atoms with van der Waals surface area (Å²) in [5, 5.41) is 6.39. The Kier molecular flexibility index (Phi) is 5.74. The van der Waals surface area contributed by atoms with Crippen molar-refractivity contribution in [2.75, 3.05) is 24.7 Å². The van der Waals surface area contributed by atoms with Crippen LogP contribution in [0.25, 0.3) is 11.1 Å². The number of hydrogen-bond donors (Lipinski definition) is 2. The maximum atomic E-state index is 4.64. The fraction of sp³-hybridized carbons (Fsp3) is 0.300. The lowest BCUT2D eigenvalue weighted by Gasteiger charge is -2.11. The third-order valence-corrected chi connectivity index (χ3v) is 3.56. The van der Waals surface area contributed by atoms with Crippen LogP contribution in [0.1, 0.15) is 27.7 Å². The van der Waals surface area contributed by atoms with E-state index >= 15 is 0 Å². The van der Waals surface area contributed by atoms with E-state index in [4.69, 9.17) is 0 Å². The molecule has 2 aromatic rings. The molecule has 0 aromatic heterocycles. The number of rotatable bonds is 5. The molecule has 2 rings (SSSR count). The highest BCUT2D eigenvalue weighted by molar-refractivity contribution is 5.88. The summed E-state index contributed by atoms with van der Waals surface area (Å²) in [6, 6.07) is 12.6. The molecular weight excluding hydrogens is 296 g/mol. The molecule has 2 N–H and O–H groups in total. The molecule has 4 nitrogen and oxygen atoms in total. The van der Waals surface area contributed by atoms with E-state index in [-0.39, 0.29) is 0 Å². The Bertz CT molecular complexity index is 713. The standard InChI is InChI=1S/C20H26N4/c1-13(2)23-19-11-15(7-9-17(19)21-5)16-8-10-18(22-6)20(12-16)24-14(3)4/h7-12,21-22H,1-6H3. The maximum absolute atomic E-state index is 4.64. The van der Waals surface area contributed by atoms with Crippen molar-refractivity contribution in [3.8, 4) is 11.1 Å². The first-order valence-electron chi connectivity index (χ1n) is 8.12. The molecule has 0 aliphatic rings. The molecule has 0 bridgehead atoms. The van der Waals surface area contributed by atoms with Crippen LogP contribution >= 0.6 is 0 Å². The molecule has 0 saturated heterocycles. The van der Waals surface area contributed by atoms with Crippen molar-refractivity contribution in [2.24, 2.45) is 9.98 Å². The fourth-order valence-electron chi connectivity index (χ4n) is 2.51. The van der Waals surface area contributed by atoms with E-state index < -0.39 is 0 Å². The average Bonchev–Trinajstić information content (AvgIpc) is 2.53. The lowest BCUT2D eigenvalue weighted by molar-refractivity contribution is 1.41. The SMILES string of the molecule is CNc1ccc(-c2ccc(NC)c(N=C(C)C)c2)cc1N=C(C)C. The number of anilines is 2. The Labute approximate surface area is 144 Å². The van der Waals surface area contributed by atoms with Crippen molar-refractivity contribution < 1.29 is 0 Å². The quantitative estimate of drug-likeness (QED) is 0.698. The molecular formula is C20H26N4. The Morgan fingerprint density at radius 2 is 1.04 bits per heavy atom. The fourth-order valence-corrected chi connectivity index (χ4v) is 2.51. The normalized spacial score (nSPS) is 10.1. The summed E-state index contributed by atoms with van der Waals surface area (Å²) in [5.74, 6) is 0. The molecule has 126 valence electrons. The van der Waals surface area contributed by atoms with Gasteiger partial charge in [-0.3, -0.25) is 9.98 Å². The summed E-state index contributed by atoms with van der Waals surface area (Å²) < 4.78 is 0. The van der Waals surface area contributed by atoms with Crippen LogP contribution in [-0.2, 0) is 0 Å². The van der Waals surface area contributed by atoms with Crippen LogP contribution in [0.4, 0.5) is 22.7 Å². The monoisotopic (exact) mass is 322 g/mol. The number of hydrogen-bond acceptors (Lipinski definition) is 4. The minimum Gasteiger partial charge on any atom is -0.386 e. The Morgan fingerprint density at radius 1 is 0.667 bits per heavy atom. The summed E-state index contributed by atoms with van der Waals surface area (Å²) in [7, 11) is 3.83. The van der Waals surface area contributed by atoms with Gasteiger partial charge in [0, 0.05) is 25.5 Å². The molecule has 0 amide bonds. The topological polar surface area (TPSA) is 48.8 Å². The van der Waals surface area contributed by atoms with Gasteiger partial charge in [-0.1, -0.05) is 12.1 Å². The summed E-state index contributed by atoms with van der Waals surface area (Å²) in [5.41, 5.74) is 8.25. The third kappa shape index (κ3) is 4.22. The molecule has 0 spiro atoms. The molecule has 0 saturated carbocycles. The lowest BCUT2D eigenvalue weighted by atomic mass is 10.0. The van der Waals surface area contributed by atoms with Crippen molar-refractivity contribution >= 4 is 34.2 Å². The van der Waals surface area contributed by atoms with Crippen LogP contribution in [0.2, 0.25) is 0 Å². The van der Waals surface area contributed by atoms with Gasteiger partial charge in [-0.25, -0.2) is 0 Å². The number of benzene rings is 2. The van der Waals surface area contributed by atoms with Gasteiger partial charge in [-0.15, -0.1) is 0 Å². The zero-order valence-corrected chi connectivity index (χ0v) is 15.4. The van der Waals surface area contributed by atoms with E-state index in [0.29, 0.717) is 0 Å². The van der Waals surface area contributed by atoms with Crippen LogP contribution in [0.3, 0.4) is 0 Å². The minimum absolute atomic E-state index is 0.949. The van der Waals surface area contributed by atoms with E-state index in [9.17, 15) is 0 Å². The summed E-state index contributed by atoms with van der Waals surface area (Å²) >= 11 is 0. The molecule has 0 atom stereocenters. The van der Waals surface area contributed by atoms with Gasteiger partial charge in [0.05, 0.1) is 22.7 Å². The van der Waals surface area contributed by atoms with Gasteiger partial charge < -0.3 is 10.6 Å². The molecule has 4 heteroatoms. The predicted molar refractivity (Wildman–Crippen MR) is 108 cm³/mol. The van der Waals surface area contributed by atoms with Crippen LogP contribution in [0.15, 0.2) is 46.4 Å². The smallest absolute Gasteiger partial charge is 0.0866 e. The van der Waals surface area contributed by atoms with E-state index in [1.165, 1.54) is 0 Å². The second kappa shape index (κ2) is 7.77. The molecule has 0 radical (unpaired) electrons. The first-order valence-corrected chi connectivity index (χ1v) is 8.12. The van der Waals surface area contributed by atoms with Gasteiger partial charge in [0.25, 0.3) is 0 Å². The highest BCUT2D eigenvalue weighted by atomic mass is 14.9. The summed E-state index contributed by atoms with van der Waals surface area (Å²) in [6.45, 7) is 8.02. The molecule has 0 heterocycles. The molecule has 24 heavy (non-hydrogen) atoms. The van der Waals surface area contributed by atoms with Gasteiger partial charge in [0.2, 0.25) is 0 Å². The Hall–Kier alpha value is -2.62. The summed E-state index contributed by atoms with van der Waals surface area (Å²) in [4.78, 5) is 9.27. The van der Waals surface area contributed by atoms with Gasteiger partial charge in [-0.2, -0.15) is 0 Å². The van der Waals surface area contributed by atoms with Crippen molar-refractivity contribution in [3.63, 3.8) is 0 Å². The summed E-state index contributed by atoms with van der Waals surface area (Å²) in [6.07, 6.45) is 0. The molecule has 0 aliphatic heterocycles. The highest BCUT2D eigenvalue weighted by Crippen LogP contribution is 2.35. The van der Waals surface area contributed by atoms with Crippen molar-refractivity contribution in [1.29, 1.82) is 0 Å². The molecule has 0 fully saturated rings. The van der Waals surface area contributed by atoms with E-state index in [1.54, 1.807) is 0 Å². The number of aliphatic imine (C=N–C) groups is 2. The predicted octanol–water partition coefficient (Wildman–Crippen LogP) is 5.66. The van der Waals surface area contributed by atoms with E-state index in [0.717, 1.165) is 45.3 Å². The van der Waals surface area contributed by atoms with E-state index in [2.05, 4.69) is 57.0 Å². The largest absolute Gasteiger partial charge is 0.386 e. The zero-order valence-electron chi connectivity index (χ0n) is 15.4. The highest BCUT2D eigenvalue weighted by Gasteiger charge is 2.07. The van der Waals surface area contributed by atoms with Crippen LogP contribution in [0, 0.1) is 0 Å². The van der Waals surface area contributed by atoms with Crippen LogP contribution < -0.4 is 10.6 Å².